The third-order valence-electron chi connectivity index (χ3n) is 7.11. The average Bonchev–Trinajstić information content (AvgIpc) is 3.02. The molecule has 1 unspecified atom stereocenters. The van der Waals surface area contributed by atoms with Gasteiger partial charge in [0.1, 0.15) is 18.5 Å². The van der Waals surface area contributed by atoms with Crippen LogP contribution in [0.2, 0.25) is 0 Å². The monoisotopic (exact) mass is 549 g/mol. The number of aryl methyl sites for hydroxylation is 1. The number of nitrogens with one attached hydrogen (secondary N) is 4. The molecule has 0 saturated carbocycles. The van der Waals surface area contributed by atoms with E-state index in [1.54, 1.807) is 31.4 Å². The van der Waals surface area contributed by atoms with Gasteiger partial charge in [-0.25, -0.2) is 0 Å². The Morgan fingerprint density at radius 2 is 1.78 bits per heavy atom. The first kappa shape index (κ1) is 27.6. The van der Waals surface area contributed by atoms with Gasteiger partial charge in [0.15, 0.2) is 11.5 Å². The first-order valence-electron chi connectivity index (χ1n) is 13.7. The number of carbonyl (C=O) groups is 1. The van der Waals surface area contributed by atoms with Crippen molar-refractivity contribution in [3.63, 3.8) is 0 Å². The van der Waals surface area contributed by atoms with Crippen molar-refractivity contribution in [2.75, 3.05) is 24.3 Å². The normalized spacial score (nSPS) is 12.8. The lowest BCUT2D eigenvalue weighted by Crippen LogP contribution is -2.33. The van der Waals surface area contributed by atoms with Crippen LogP contribution in [0.3, 0.4) is 0 Å². The molecule has 0 radical (unpaired) electrons. The molecule has 0 fully saturated rings. The predicted molar refractivity (Wildman–Crippen MR) is 163 cm³/mol. The first-order chi connectivity index (χ1) is 20.0. The van der Waals surface area contributed by atoms with Gasteiger partial charge in [0.2, 0.25) is 5.91 Å². The molecule has 1 aliphatic heterocycles. The molecule has 210 valence electrons. The summed E-state index contributed by atoms with van der Waals surface area (Å²) in [5, 5.41) is 17.5. The number of hydrogen-bond acceptors (Lipinski definition) is 6. The Morgan fingerprint density at radius 3 is 2.54 bits per heavy atom. The van der Waals surface area contributed by atoms with Gasteiger partial charge in [-0.2, -0.15) is 0 Å². The molecule has 0 saturated heterocycles. The molecule has 0 aromatic heterocycles. The number of carbonyl (C=O) groups excluding carboxylic acids is 1. The molecule has 41 heavy (non-hydrogen) atoms. The maximum Gasteiger partial charge on any atom is 0.247 e. The molecular weight excluding hydrogens is 514 g/mol. The third-order valence-corrected chi connectivity index (χ3v) is 7.11. The predicted octanol–water partition coefficient (Wildman–Crippen LogP) is 5.39. The summed E-state index contributed by atoms with van der Waals surface area (Å²) in [6.07, 6.45) is 2.24. The zero-order valence-electron chi connectivity index (χ0n) is 23.1. The zero-order chi connectivity index (χ0) is 28.6. The van der Waals surface area contributed by atoms with Crippen LogP contribution in [0.4, 0.5) is 11.4 Å². The minimum atomic E-state index is -0.712. The average molecular weight is 550 g/mol. The second-order valence-corrected chi connectivity index (χ2v) is 9.99. The van der Waals surface area contributed by atoms with Gasteiger partial charge in [-0.05, 0) is 77.6 Å². The summed E-state index contributed by atoms with van der Waals surface area (Å²) in [5.74, 6) is 0.923. The van der Waals surface area contributed by atoms with Crippen LogP contribution < -0.4 is 31.2 Å². The van der Waals surface area contributed by atoms with E-state index in [9.17, 15) is 4.79 Å². The Labute approximate surface area is 240 Å². The Hall–Kier alpha value is -4.98. The van der Waals surface area contributed by atoms with Crippen LogP contribution in [-0.4, -0.2) is 25.4 Å². The number of anilines is 2. The van der Waals surface area contributed by atoms with Crippen molar-refractivity contribution < 1.29 is 14.3 Å². The molecular formula is C33H35N5O3. The van der Waals surface area contributed by atoms with Gasteiger partial charge in [-0.1, -0.05) is 48.5 Å². The van der Waals surface area contributed by atoms with Crippen molar-refractivity contribution in [1.82, 2.24) is 5.32 Å². The smallest absolute Gasteiger partial charge is 0.247 e. The number of nitrogens with two attached hydrogens (primary N) is 1. The van der Waals surface area contributed by atoms with Gasteiger partial charge in [0, 0.05) is 30.0 Å². The highest BCUT2D eigenvalue weighted by Gasteiger charge is 2.23. The quantitative estimate of drug-likeness (QED) is 0.126. The molecule has 1 amide bonds. The van der Waals surface area contributed by atoms with Crippen LogP contribution in [0.5, 0.6) is 11.5 Å². The number of benzene rings is 4. The van der Waals surface area contributed by atoms with Crippen molar-refractivity contribution in [3.8, 4) is 11.5 Å². The number of hydrogen-bond donors (Lipinski definition) is 5. The van der Waals surface area contributed by atoms with Crippen LogP contribution in [0.1, 0.15) is 40.3 Å². The van der Waals surface area contributed by atoms with Gasteiger partial charge < -0.3 is 31.2 Å². The minimum Gasteiger partial charge on any atom is -0.493 e. The zero-order valence-corrected chi connectivity index (χ0v) is 23.1. The summed E-state index contributed by atoms with van der Waals surface area (Å²) in [6, 6.07) is 28.1. The molecule has 0 aliphatic carbocycles. The second kappa shape index (κ2) is 12.9. The Bertz CT molecular complexity index is 1510. The van der Waals surface area contributed by atoms with Crippen LogP contribution in [0, 0.1) is 5.41 Å². The molecule has 0 spiro atoms. The lowest BCUT2D eigenvalue weighted by atomic mass is 10.0. The fraction of sp³-hybridized carbons (Fsp3) is 0.212. The van der Waals surface area contributed by atoms with Gasteiger partial charge in [0.05, 0.1) is 7.11 Å². The maximum atomic E-state index is 13.5. The number of ether oxygens (including phenoxy) is 2. The van der Waals surface area contributed by atoms with Gasteiger partial charge in [0.25, 0.3) is 0 Å². The van der Waals surface area contributed by atoms with Crippen molar-refractivity contribution in [2.24, 2.45) is 5.73 Å². The molecule has 1 aliphatic rings. The number of rotatable bonds is 11. The second-order valence-electron chi connectivity index (χ2n) is 9.99. The molecule has 6 N–H and O–H groups in total. The molecule has 4 aromatic carbocycles. The summed E-state index contributed by atoms with van der Waals surface area (Å²) >= 11 is 0. The molecule has 8 heteroatoms. The van der Waals surface area contributed by atoms with E-state index in [1.165, 1.54) is 11.3 Å². The fourth-order valence-corrected chi connectivity index (χ4v) is 4.84. The highest BCUT2D eigenvalue weighted by atomic mass is 16.5. The summed E-state index contributed by atoms with van der Waals surface area (Å²) < 4.78 is 11.8. The minimum absolute atomic E-state index is 0.0133. The molecule has 0 bridgehead atoms. The Kier molecular flexibility index (Phi) is 8.69. The van der Waals surface area contributed by atoms with Gasteiger partial charge in [-0.15, -0.1) is 0 Å². The highest BCUT2D eigenvalue weighted by molar-refractivity contribution is 5.95. The molecule has 8 nitrogen and oxygen atoms in total. The SMILES string of the molecule is COc1cc(C(Nc2ccc(C(=N)N)cc2)C(=O)NCc2ccccc2)ccc1OCc1ccc2c(c1)NCCC2. The molecule has 1 heterocycles. The Morgan fingerprint density at radius 1 is 0.976 bits per heavy atom. The lowest BCUT2D eigenvalue weighted by molar-refractivity contribution is -0.122. The van der Waals surface area contributed by atoms with Crippen molar-refractivity contribution in [3.05, 3.63) is 119 Å². The van der Waals surface area contributed by atoms with Crippen molar-refractivity contribution in [1.29, 1.82) is 5.41 Å². The number of nitrogen functional groups attached to an aromatic ring is 1. The van der Waals surface area contributed by atoms with Gasteiger partial charge in [-0.3, -0.25) is 10.2 Å². The number of methoxy groups -OCH3 is 1. The largest absolute Gasteiger partial charge is 0.493 e. The number of amides is 1. The highest BCUT2D eigenvalue weighted by Crippen LogP contribution is 2.33. The van der Waals surface area contributed by atoms with E-state index in [0.29, 0.717) is 35.8 Å². The van der Waals surface area contributed by atoms with Gasteiger partial charge >= 0.3 is 0 Å². The topological polar surface area (TPSA) is 121 Å². The summed E-state index contributed by atoms with van der Waals surface area (Å²) in [5.41, 5.74) is 12.2. The third kappa shape index (κ3) is 6.97. The van der Waals surface area contributed by atoms with Crippen LogP contribution in [0.15, 0.2) is 91.0 Å². The van der Waals surface area contributed by atoms with Crippen LogP contribution in [-0.2, 0) is 24.4 Å². The van der Waals surface area contributed by atoms with E-state index in [4.69, 9.17) is 20.6 Å². The summed E-state index contributed by atoms with van der Waals surface area (Å²) in [7, 11) is 1.59. The molecule has 5 rings (SSSR count). The summed E-state index contributed by atoms with van der Waals surface area (Å²) in [6.45, 7) is 1.78. The summed E-state index contributed by atoms with van der Waals surface area (Å²) in [4.78, 5) is 13.5. The fourth-order valence-electron chi connectivity index (χ4n) is 4.84. The van der Waals surface area contributed by atoms with Crippen molar-refractivity contribution >= 4 is 23.1 Å². The van der Waals surface area contributed by atoms with E-state index in [0.717, 1.165) is 36.2 Å². The maximum absolute atomic E-state index is 13.5. The van der Waals surface area contributed by atoms with Crippen molar-refractivity contribution in [2.45, 2.75) is 32.0 Å². The standard InChI is InChI=1S/C33H35N5O3/c1-40-30-19-26(13-16-29(30)41-21-23-9-10-24-8-5-17-36-28(24)18-23)31(33(39)37-20-22-6-3-2-4-7-22)38-27-14-11-25(12-15-27)32(34)35/h2-4,6-7,9-16,18-19,31,36,38H,5,8,17,20-21H2,1H3,(H3,34,35)(H,37,39). The molecule has 4 aromatic rings. The van der Waals surface area contributed by atoms with Crippen LogP contribution in [0.25, 0.3) is 0 Å². The van der Waals surface area contributed by atoms with E-state index in [1.807, 2.05) is 48.5 Å². The van der Waals surface area contributed by atoms with E-state index < -0.39 is 6.04 Å². The number of fused-ring (bicyclic) bond motifs is 1. The van der Waals surface area contributed by atoms with E-state index in [-0.39, 0.29) is 11.7 Å². The van der Waals surface area contributed by atoms with E-state index in [2.05, 4.69) is 34.1 Å². The Balaban J connectivity index is 1.35. The van der Waals surface area contributed by atoms with Crippen LogP contribution >= 0.6 is 0 Å². The first-order valence-corrected chi connectivity index (χ1v) is 13.7. The number of amidine groups is 1. The van der Waals surface area contributed by atoms with E-state index >= 15 is 0 Å². The molecule has 1 atom stereocenters. The lowest BCUT2D eigenvalue weighted by Gasteiger charge is -2.22.